The number of halogens is 3. The van der Waals surface area contributed by atoms with Gasteiger partial charge in [0.15, 0.2) is 17.4 Å². The molecule has 1 aliphatic carbocycles. The first kappa shape index (κ1) is 22.9. The zero-order valence-electron chi connectivity index (χ0n) is 18.9. The van der Waals surface area contributed by atoms with Gasteiger partial charge in [-0.3, -0.25) is 9.36 Å². The van der Waals surface area contributed by atoms with E-state index in [2.05, 4.69) is 4.98 Å². The number of benzene rings is 2. The lowest BCUT2D eigenvalue weighted by Gasteiger charge is -2.16. The number of thiophene rings is 1. The molecular weight excluding hydrogens is 508 g/mol. The van der Waals surface area contributed by atoms with E-state index < -0.39 is 11.6 Å². The highest BCUT2D eigenvalue weighted by molar-refractivity contribution is 7.25. The molecule has 0 aliphatic heterocycles. The molecular formula is C26H18ClF2N3O3S. The molecule has 0 unspecified atom stereocenters. The molecule has 6 rings (SSSR count). The minimum absolute atomic E-state index is 0.0732. The van der Waals surface area contributed by atoms with Crippen molar-refractivity contribution in [1.82, 2.24) is 14.5 Å². The number of phenolic OH excluding ortho intramolecular Hbond substituents is 1. The number of hydrogen-bond acceptors (Lipinski definition) is 6. The van der Waals surface area contributed by atoms with E-state index in [1.54, 1.807) is 24.4 Å². The molecule has 1 fully saturated rings. The molecule has 10 heteroatoms. The van der Waals surface area contributed by atoms with Gasteiger partial charge in [0.05, 0.1) is 28.8 Å². The number of nitrogens with zero attached hydrogens (tertiary/aromatic N) is 3. The van der Waals surface area contributed by atoms with Gasteiger partial charge >= 0.3 is 0 Å². The van der Waals surface area contributed by atoms with Crippen LogP contribution in [-0.2, 0) is 6.54 Å². The summed E-state index contributed by atoms with van der Waals surface area (Å²) in [4.78, 5) is 23.3. The molecule has 36 heavy (non-hydrogen) atoms. The molecule has 1 aliphatic rings. The van der Waals surface area contributed by atoms with Gasteiger partial charge in [-0.2, -0.15) is 0 Å². The number of hydrogen-bond donors (Lipinski definition) is 1. The minimum atomic E-state index is -1.01. The highest BCUT2D eigenvalue weighted by atomic mass is 35.5. The van der Waals surface area contributed by atoms with Crippen LogP contribution in [0.25, 0.3) is 31.7 Å². The molecule has 1 saturated carbocycles. The second-order valence-electron chi connectivity index (χ2n) is 8.72. The molecule has 0 atom stereocenters. The third-order valence-electron chi connectivity index (χ3n) is 6.38. The fourth-order valence-corrected chi connectivity index (χ4v) is 5.76. The van der Waals surface area contributed by atoms with Crippen LogP contribution in [0.15, 0.2) is 47.4 Å². The Morgan fingerprint density at radius 2 is 1.97 bits per heavy atom. The molecule has 0 saturated heterocycles. The fraction of sp³-hybridized carbons (Fsp3) is 0.192. The van der Waals surface area contributed by atoms with E-state index in [1.807, 2.05) is 0 Å². The number of pyridine rings is 1. The molecule has 6 nitrogen and oxygen atoms in total. The average Bonchev–Trinajstić information content (AvgIpc) is 3.65. The zero-order valence-corrected chi connectivity index (χ0v) is 20.5. The molecule has 0 radical (unpaired) electrons. The van der Waals surface area contributed by atoms with E-state index in [1.165, 1.54) is 23.8 Å². The number of fused-ring (bicyclic) bond motifs is 3. The van der Waals surface area contributed by atoms with Crippen molar-refractivity contribution in [2.45, 2.75) is 25.3 Å². The van der Waals surface area contributed by atoms with Crippen molar-refractivity contribution in [2.24, 2.45) is 0 Å². The number of ether oxygens (including phenoxy) is 1. The van der Waals surface area contributed by atoms with Crippen LogP contribution in [0.3, 0.4) is 0 Å². The Balaban J connectivity index is 1.66. The largest absolute Gasteiger partial charge is 0.505 e. The van der Waals surface area contributed by atoms with Gasteiger partial charge in [0.25, 0.3) is 5.56 Å². The van der Waals surface area contributed by atoms with E-state index in [4.69, 9.17) is 21.3 Å². The summed E-state index contributed by atoms with van der Waals surface area (Å²) in [6.07, 6.45) is 3.29. The van der Waals surface area contributed by atoms with Crippen molar-refractivity contribution in [3.63, 3.8) is 0 Å². The Morgan fingerprint density at radius 3 is 2.67 bits per heavy atom. The summed E-state index contributed by atoms with van der Waals surface area (Å²) in [6.45, 7) is 0.0914. The lowest BCUT2D eigenvalue weighted by molar-refractivity contribution is 0.397. The SMILES string of the molecule is COc1ccc(Cn2c(-c3cc(F)c(F)cc3C3CC3)nc3sc4c(O)c(Cl)ccc4c3c2=O)cn1. The standard InChI is InChI=1S/C26H18ClF2N3O3S/c1-35-20-7-2-12(10-30-20)11-32-24(16-9-19(29)18(28)8-15(16)13-3-4-13)31-25-21(26(32)34)14-5-6-17(27)22(33)23(14)36-25/h2,5-10,13,33H,3-4,11H2,1H3. The molecule has 0 bridgehead atoms. The minimum Gasteiger partial charge on any atom is -0.505 e. The van der Waals surface area contributed by atoms with E-state index in [0.29, 0.717) is 42.9 Å². The molecule has 2 aromatic carbocycles. The Labute approximate surface area is 212 Å². The Bertz CT molecular complexity index is 1730. The van der Waals surface area contributed by atoms with E-state index in [-0.39, 0.29) is 34.6 Å². The normalized spacial score (nSPS) is 13.6. The Hall–Kier alpha value is -3.56. The monoisotopic (exact) mass is 525 g/mol. The molecule has 5 aromatic rings. The molecule has 3 aromatic heterocycles. The zero-order chi connectivity index (χ0) is 25.1. The maximum Gasteiger partial charge on any atom is 0.263 e. The third kappa shape index (κ3) is 3.70. The van der Waals surface area contributed by atoms with E-state index in [9.17, 15) is 18.7 Å². The molecule has 0 amide bonds. The van der Waals surface area contributed by atoms with Gasteiger partial charge in [-0.05, 0) is 48.1 Å². The number of aromatic nitrogens is 3. The lowest BCUT2D eigenvalue weighted by Crippen LogP contribution is -2.24. The molecule has 0 spiro atoms. The first-order valence-corrected chi connectivity index (χ1v) is 12.4. The average molecular weight is 526 g/mol. The lowest BCUT2D eigenvalue weighted by atomic mass is 10.0. The van der Waals surface area contributed by atoms with Crippen molar-refractivity contribution >= 4 is 43.2 Å². The van der Waals surface area contributed by atoms with Crippen molar-refractivity contribution in [3.8, 4) is 23.0 Å². The summed E-state index contributed by atoms with van der Waals surface area (Å²) in [7, 11) is 1.51. The van der Waals surface area contributed by atoms with E-state index >= 15 is 0 Å². The molecule has 3 heterocycles. The highest BCUT2D eigenvalue weighted by Crippen LogP contribution is 2.46. The molecule has 1 N–H and O–H groups in total. The van der Waals surface area contributed by atoms with Crippen LogP contribution in [0, 0.1) is 11.6 Å². The predicted octanol–water partition coefficient (Wildman–Crippen LogP) is 6.24. The van der Waals surface area contributed by atoms with Gasteiger partial charge in [0.2, 0.25) is 5.88 Å². The number of rotatable bonds is 5. The second-order valence-corrected chi connectivity index (χ2v) is 10.1. The smallest absolute Gasteiger partial charge is 0.263 e. The van der Waals surface area contributed by atoms with Gasteiger partial charge in [-0.1, -0.05) is 23.7 Å². The summed E-state index contributed by atoms with van der Waals surface area (Å²) in [5, 5.41) is 11.5. The summed E-state index contributed by atoms with van der Waals surface area (Å²) in [6, 6.07) is 8.97. The van der Waals surface area contributed by atoms with E-state index in [0.717, 1.165) is 30.2 Å². The summed E-state index contributed by atoms with van der Waals surface area (Å²) < 4.78 is 35.7. The van der Waals surface area contributed by atoms with Crippen molar-refractivity contribution < 1.29 is 18.6 Å². The third-order valence-corrected chi connectivity index (χ3v) is 7.80. The van der Waals surface area contributed by atoms with Crippen molar-refractivity contribution in [1.29, 1.82) is 0 Å². The maximum absolute atomic E-state index is 14.5. The number of phenols is 1. The summed E-state index contributed by atoms with van der Waals surface area (Å²) in [5.41, 5.74) is 1.32. The fourth-order valence-electron chi connectivity index (χ4n) is 4.43. The summed E-state index contributed by atoms with van der Waals surface area (Å²) in [5.74, 6) is -1.35. The Kier molecular flexibility index (Phi) is 5.42. The van der Waals surface area contributed by atoms with Crippen LogP contribution in [0.5, 0.6) is 11.6 Å². The summed E-state index contributed by atoms with van der Waals surface area (Å²) >= 11 is 7.23. The van der Waals surface area contributed by atoms with Crippen LogP contribution in [-0.4, -0.2) is 26.8 Å². The van der Waals surface area contributed by atoms with Gasteiger partial charge < -0.3 is 9.84 Å². The number of methoxy groups -OCH3 is 1. The van der Waals surface area contributed by atoms with Crippen LogP contribution in [0.2, 0.25) is 5.02 Å². The second kappa shape index (κ2) is 8.53. The highest BCUT2D eigenvalue weighted by Gasteiger charge is 2.30. The van der Waals surface area contributed by atoms with Crippen LogP contribution in [0.1, 0.15) is 29.9 Å². The van der Waals surface area contributed by atoms with Gasteiger partial charge in [0.1, 0.15) is 10.7 Å². The van der Waals surface area contributed by atoms with Crippen molar-refractivity contribution in [3.05, 3.63) is 80.7 Å². The Morgan fingerprint density at radius 1 is 1.19 bits per heavy atom. The van der Waals surface area contributed by atoms with Crippen LogP contribution < -0.4 is 10.3 Å². The van der Waals surface area contributed by atoms with Gasteiger partial charge in [0, 0.05) is 23.2 Å². The van der Waals surface area contributed by atoms with Crippen LogP contribution in [0.4, 0.5) is 8.78 Å². The van der Waals surface area contributed by atoms with Crippen LogP contribution >= 0.6 is 22.9 Å². The predicted molar refractivity (Wildman–Crippen MR) is 135 cm³/mol. The molecule has 182 valence electrons. The first-order valence-electron chi connectivity index (χ1n) is 11.2. The number of aromatic hydroxyl groups is 1. The van der Waals surface area contributed by atoms with Crippen molar-refractivity contribution in [2.75, 3.05) is 7.11 Å². The quantitative estimate of drug-likeness (QED) is 0.294. The van der Waals surface area contributed by atoms with Gasteiger partial charge in [-0.15, -0.1) is 11.3 Å². The first-order chi connectivity index (χ1) is 17.4. The maximum atomic E-state index is 14.5. The van der Waals surface area contributed by atoms with Gasteiger partial charge in [-0.25, -0.2) is 18.7 Å². The topological polar surface area (TPSA) is 77.2 Å².